The van der Waals surface area contributed by atoms with Crippen molar-refractivity contribution in [2.24, 2.45) is 7.05 Å². The van der Waals surface area contributed by atoms with Crippen molar-refractivity contribution in [3.63, 3.8) is 0 Å². The van der Waals surface area contributed by atoms with Crippen molar-refractivity contribution < 1.29 is 0 Å². The third-order valence-corrected chi connectivity index (χ3v) is 3.04. The first-order chi connectivity index (χ1) is 5.74. The van der Waals surface area contributed by atoms with E-state index in [-0.39, 0.29) is 0 Å². The Labute approximate surface area is 84.2 Å². The summed E-state index contributed by atoms with van der Waals surface area (Å²) in [6.45, 7) is 0. The van der Waals surface area contributed by atoms with E-state index >= 15 is 0 Å². The third kappa shape index (κ3) is 2.75. The summed E-state index contributed by atoms with van der Waals surface area (Å²) in [6.07, 6.45) is 3.92. The van der Waals surface area contributed by atoms with Crippen molar-refractivity contribution in [3.8, 4) is 0 Å². The van der Waals surface area contributed by atoms with E-state index in [0.29, 0.717) is 5.25 Å². The van der Waals surface area contributed by atoms with E-state index in [0.717, 1.165) is 18.6 Å². The molecule has 0 amide bonds. The van der Waals surface area contributed by atoms with Crippen LogP contribution in [0.1, 0.15) is 12.1 Å². The van der Waals surface area contributed by atoms with Crippen LogP contribution >= 0.6 is 25.3 Å². The van der Waals surface area contributed by atoms with Crippen LogP contribution in [0.25, 0.3) is 0 Å². The van der Waals surface area contributed by atoms with Gasteiger partial charge < -0.3 is 0 Å². The second kappa shape index (κ2) is 4.82. The summed E-state index contributed by atoms with van der Waals surface area (Å²) in [5.74, 6) is 0.834. The van der Waals surface area contributed by atoms with E-state index in [9.17, 15) is 0 Å². The minimum atomic E-state index is 0.392. The van der Waals surface area contributed by atoms with Gasteiger partial charge in [0.25, 0.3) is 0 Å². The molecule has 0 saturated heterocycles. The fraction of sp³-hybridized carbons (Fsp3) is 0.625. The molecule has 0 aromatic carbocycles. The highest BCUT2D eigenvalue weighted by Gasteiger charge is 2.03. The molecule has 4 heteroatoms. The topological polar surface area (TPSA) is 17.8 Å². The van der Waals surface area contributed by atoms with Crippen LogP contribution in [0.3, 0.4) is 0 Å². The van der Waals surface area contributed by atoms with Crippen molar-refractivity contribution in [2.75, 3.05) is 5.75 Å². The Kier molecular flexibility index (Phi) is 4.01. The number of hydrogen-bond acceptors (Lipinski definition) is 3. The predicted octanol–water partition coefficient (Wildman–Crippen LogP) is 1.58. The smallest absolute Gasteiger partial charge is 0.0492 e. The molecule has 1 rings (SSSR count). The van der Waals surface area contributed by atoms with Crippen LogP contribution in [0, 0.1) is 0 Å². The van der Waals surface area contributed by atoms with E-state index < -0.39 is 0 Å². The molecule has 0 aliphatic carbocycles. The molecule has 0 aliphatic rings. The molecule has 0 spiro atoms. The predicted molar refractivity (Wildman–Crippen MR) is 58.2 cm³/mol. The Morgan fingerprint density at radius 2 is 2.42 bits per heavy atom. The summed E-state index contributed by atoms with van der Waals surface area (Å²) in [6, 6.07) is 2.04. The minimum absolute atomic E-state index is 0.392. The molecule has 1 aromatic rings. The average molecular weight is 202 g/mol. The monoisotopic (exact) mass is 202 g/mol. The number of rotatable bonds is 4. The Hall–Kier alpha value is -0.0900. The number of thiol groups is 2. The van der Waals surface area contributed by atoms with Crippen molar-refractivity contribution in [2.45, 2.75) is 18.1 Å². The molecule has 1 heterocycles. The van der Waals surface area contributed by atoms with Gasteiger partial charge in [0.1, 0.15) is 0 Å². The summed E-state index contributed by atoms with van der Waals surface area (Å²) in [5.41, 5.74) is 1.26. The van der Waals surface area contributed by atoms with Crippen LogP contribution in [-0.2, 0) is 13.5 Å². The highest BCUT2D eigenvalue weighted by atomic mass is 32.1. The molecule has 0 unspecified atom stereocenters. The maximum Gasteiger partial charge on any atom is 0.0492 e. The highest BCUT2D eigenvalue weighted by molar-refractivity contribution is 7.84. The number of aromatic nitrogens is 2. The maximum atomic E-state index is 4.37. The molecular weight excluding hydrogens is 188 g/mol. The molecule has 0 saturated carbocycles. The molecular formula is C8H14N2S2. The largest absolute Gasteiger partial charge is 0.273 e. The second-order valence-corrected chi connectivity index (χ2v) is 3.92. The van der Waals surface area contributed by atoms with Crippen LogP contribution in [-0.4, -0.2) is 20.8 Å². The Morgan fingerprint density at radius 3 is 2.92 bits per heavy atom. The lowest BCUT2D eigenvalue weighted by Crippen LogP contribution is -2.05. The van der Waals surface area contributed by atoms with E-state index in [4.69, 9.17) is 0 Å². The van der Waals surface area contributed by atoms with Gasteiger partial charge in [0.15, 0.2) is 0 Å². The Morgan fingerprint density at radius 1 is 1.67 bits per heavy atom. The molecule has 0 bridgehead atoms. The quantitative estimate of drug-likeness (QED) is 0.709. The summed E-state index contributed by atoms with van der Waals surface area (Å²) in [4.78, 5) is 0. The zero-order valence-electron chi connectivity index (χ0n) is 7.14. The molecule has 1 aromatic heterocycles. The Bertz CT molecular complexity index is 235. The lowest BCUT2D eigenvalue weighted by atomic mass is 10.2. The van der Waals surface area contributed by atoms with Crippen LogP contribution in [0.4, 0.5) is 0 Å². The summed E-state index contributed by atoms with van der Waals surface area (Å²) in [5, 5.41) is 4.48. The van der Waals surface area contributed by atoms with Crippen molar-refractivity contribution in [3.05, 3.63) is 18.0 Å². The van der Waals surface area contributed by atoms with Gasteiger partial charge in [0.05, 0.1) is 0 Å². The fourth-order valence-corrected chi connectivity index (χ4v) is 1.36. The molecule has 12 heavy (non-hydrogen) atoms. The van der Waals surface area contributed by atoms with Gasteiger partial charge >= 0.3 is 0 Å². The summed E-state index contributed by atoms with van der Waals surface area (Å²) >= 11 is 8.54. The molecule has 0 aliphatic heterocycles. The lowest BCUT2D eigenvalue weighted by molar-refractivity contribution is 0.683. The SMILES string of the molecule is Cn1nccc1CC[C@@H](S)CS. The van der Waals surface area contributed by atoms with Crippen molar-refractivity contribution in [1.82, 2.24) is 9.78 Å². The van der Waals surface area contributed by atoms with Gasteiger partial charge in [0, 0.05) is 29.9 Å². The lowest BCUT2D eigenvalue weighted by Gasteiger charge is -2.06. The van der Waals surface area contributed by atoms with Crippen molar-refractivity contribution >= 4 is 25.3 Å². The molecule has 0 radical (unpaired) electrons. The van der Waals surface area contributed by atoms with Gasteiger partial charge in [-0.05, 0) is 18.9 Å². The standard InChI is InChI=1S/C8H14N2S2/c1-10-7(4-5-9-10)2-3-8(12)6-11/h4-5,8,11-12H,2-3,6H2,1H3/t8-/m1/s1. The first-order valence-electron chi connectivity index (χ1n) is 4.00. The van der Waals surface area contributed by atoms with Gasteiger partial charge in [-0.1, -0.05) is 0 Å². The van der Waals surface area contributed by atoms with Crippen LogP contribution in [0.2, 0.25) is 0 Å². The highest BCUT2D eigenvalue weighted by Crippen LogP contribution is 2.08. The van der Waals surface area contributed by atoms with Crippen LogP contribution < -0.4 is 0 Å². The zero-order valence-corrected chi connectivity index (χ0v) is 8.93. The van der Waals surface area contributed by atoms with E-state index in [1.54, 1.807) is 0 Å². The van der Waals surface area contributed by atoms with E-state index in [1.165, 1.54) is 5.69 Å². The first-order valence-corrected chi connectivity index (χ1v) is 5.14. The van der Waals surface area contributed by atoms with Crippen LogP contribution in [0.5, 0.6) is 0 Å². The van der Waals surface area contributed by atoms with E-state index in [2.05, 4.69) is 30.4 Å². The number of hydrogen-bond donors (Lipinski definition) is 2. The third-order valence-electron chi connectivity index (χ3n) is 1.87. The molecule has 1 atom stereocenters. The summed E-state index contributed by atoms with van der Waals surface area (Å²) < 4.78 is 1.90. The van der Waals surface area contributed by atoms with Crippen molar-refractivity contribution in [1.29, 1.82) is 0 Å². The second-order valence-electron chi connectivity index (χ2n) is 2.82. The van der Waals surface area contributed by atoms with Gasteiger partial charge in [-0.25, -0.2) is 0 Å². The minimum Gasteiger partial charge on any atom is -0.273 e. The van der Waals surface area contributed by atoms with Gasteiger partial charge in [0.2, 0.25) is 0 Å². The van der Waals surface area contributed by atoms with Gasteiger partial charge in [-0.15, -0.1) is 0 Å². The van der Waals surface area contributed by atoms with E-state index in [1.807, 2.05) is 24.0 Å². The van der Waals surface area contributed by atoms with Gasteiger partial charge in [-0.2, -0.15) is 30.4 Å². The van der Waals surface area contributed by atoms with Crippen LogP contribution in [0.15, 0.2) is 12.3 Å². The first kappa shape index (κ1) is 9.99. The average Bonchev–Trinajstić information content (AvgIpc) is 2.47. The molecule has 0 N–H and O–H groups in total. The normalized spacial score (nSPS) is 13.2. The molecule has 2 nitrogen and oxygen atoms in total. The maximum absolute atomic E-state index is 4.37. The fourth-order valence-electron chi connectivity index (χ4n) is 1.05. The van der Waals surface area contributed by atoms with Gasteiger partial charge in [-0.3, -0.25) is 4.68 Å². The summed E-state index contributed by atoms with van der Waals surface area (Å²) in [7, 11) is 1.96. The molecule has 68 valence electrons. The number of aryl methyl sites for hydroxylation is 2. The Balaban J connectivity index is 2.38. The number of nitrogens with zero attached hydrogens (tertiary/aromatic N) is 2. The zero-order chi connectivity index (χ0) is 8.97. The molecule has 0 fully saturated rings.